The predicted octanol–water partition coefficient (Wildman–Crippen LogP) is 1.17. The van der Waals surface area contributed by atoms with Gasteiger partial charge >= 0.3 is 5.69 Å². The molecule has 8 nitrogen and oxygen atoms in total. The molecule has 1 aliphatic carbocycles. The number of benzene rings is 1. The molecule has 0 amide bonds. The van der Waals surface area contributed by atoms with Crippen molar-refractivity contribution in [3.8, 4) is 5.75 Å². The van der Waals surface area contributed by atoms with Gasteiger partial charge in [0.15, 0.2) is 11.6 Å². The first-order valence-electron chi connectivity index (χ1n) is 9.38. The van der Waals surface area contributed by atoms with Crippen LogP contribution in [0.25, 0.3) is 10.9 Å². The van der Waals surface area contributed by atoms with Crippen molar-refractivity contribution in [1.82, 2.24) is 9.55 Å². The number of aromatic amines is 1. The molecule has 29 heavy (non-hydrogen) atoms. The van der Waals surface area contributed by atoms with E-state index in [0.717, 1.165) is 12.8 Å². The Morgan fingerprint density at radius 2 is 1.93 bits per heavy atom. The molecule has 0 radical (unpaired) electrons. The number of ether oxygens (including phenoxy) is 1. The lowest BCUT2D eigenvalue weighted by atomic mass is 10.0. The van der Waals surface area contributed by atoms with E-state index in [4.69, 9.17) is 16.2 Å². The summed E-state index contributed by atoms with van der Waals surface area (Å²) in [7, 11) is 1.30. The minimum Gasteiger partial charge on any atom is -0.492 e. The van der Waals surface area contributed by atoms with Crippen LogP contribution in [0.1, 0.15) is 25.3 Å². The second kappa shape index (κ2) is 6.97. The Balaban J connectivity index is 1.94. The van der Waals surface area contributed by atoms with Gasteiger partial charge in [0.1, 0.15) is 11.2 Å². The molecule has 5 N–H and O–H groups in total. The van der Waals surface area contributed by atoms with Crippen LogP contribution in [0.4, 0.5) is 24.5 Å². The Morgan fingerprint density at radius 1 is 1.24 bits per heavy atom. The monoisotopic (exact) mass is 413 g/mol. The summed E-state index contributed by atoms with van der Waals surface area (Å²) < 4.78 is 48.1. The van der Waals surface area contributed by atoms with Crippen molar-refractivity contribution in [2.24, 2.45) is 11.7 Å². The van der Waals surface area contributed by atoms with E-state index in [2.05, 4.69) is 4.98 Å². The van der Waals surface area contributed by atoms with Gasteiger partial charge in [-0.15, -0.1) is 0 Å². The smallest absolute Gasteiger partial charge is 0.329 e. The zero-order chi connectivity index (χ0) is 21.0. The van der Waals surface area contributed by atoms with Gasteiger partial charge in [-0.05, 0) is 25.2 Å². The first-order chi connectivity index (χ1) is 13.8. The van der Waals surface area contributed by atoms with E-state index < -0.39 is 41.1 Å². The zero-order valence-electron chi connectivity index (χ0n) is 15.8. The molecule has 2 heterocycles. The zero-order valence-corrected chi connectivity index (χ0v) is 15.8. The highest BCUT2D eigenvalue weighted by Gasteiger charge is 2.37. The summed E-state index contributed by atoms with van der Waals surface area (Å²) >= 11 is 0. The van der Waals surface area contributed by atoms with E-state index in [0.29, 0.717) is 6.42 Å². The van der Waals surface area contributed by atoms with Gasteiger partial charge in [0.05, 0.1) is 24.2 Å². The number of hydrogen-bond acceptors (Lipinski definition) is 6. The minimum absolute atomic E-state index is 0.00642. The molecule has 2 atom stereocenters. The first-order valence-corrected chi connectivity index (χ1v) is 9.38. The summed E-state index contributed by atoms with van der Waals surface area (Å²) in [6.45, 7) is 0.348. The lowest BCUT2D eigenvalue weighted by Crippen LogP contribution is -2.38. The van der Waals surface area contributed by atoms with E-state index in [-0.39, 0.29) is 41.5 Å². The molecule has 2 aliphatic rings. The average Bonchev–Trinajstić information content (AvgIpc) is 3.39. The maximum absolute atomic E-state index is 15.3. The van der Waals surface area contributed by atoms with E-state index in [1.807, 2.05) is 0 Å². The molecule has 1 saturated carbocycles. The summed E-state index contributed by atoms with van der Waals surface area (Å²) in [5, 5.41) is -0.158. The molecule has 1 saturated heterocycles. The number of nitrogen functional groups attached to an aromatic ring is 1. The Morgan fingerprint density at radius 3 is 2.52 bits per heavy atom. The molecule has 0 bridgehead atoms. The molecule has 1 aromatic carbocycles. The molecule has 11 heteroatoms. The summed E-state index contributed by atoms with van der Waals surface area (Å²) in [5.74, 6) is -1.43. The number of methoxy groups -OCH3 is 1. The number of fused-ring (bicyclic) bond motifs is 1. The van der Waals surface area contributed by atoms with Gasteiger partial charge in [-0.25, -0.2) is 18.0 Å². The van der Waals surface area contributed by atoms with Crippen molar-refractivity contribution in [2.45, 2.75) is 37.8 Å². The van der Waals surface area contributed by atoms with Crippen molar-refractivity contribution < 1.29 is 17.9 Å². The Kier molecular flexibility index (Phi) is 4.72. The normalized spacial score (nSPS) is 20.6. The number of rotatable bonds is 5. The van der Waals surface area contributed by atoms with E-state index >= 15 is 4.39 Å². The van der Waals surface area contributed by atoms with Gasteiger partial charge in [-0.1, -0.05) is 0 Å². The third-order valence-corrected chi connectivity index (χ3v) is 5.78. The number of alkyl halides is 2. The number of hydrogen-bond donors (Lipinski definition) is 3. The SMILES string of the molecule is COc1c(N2CCC(C(N)C(F)F)C2)c(F)c(N)c2c(=O)[nH]c(=O)n(C3CC3)c12. The van der Waals surface area contributed by atoms with Crippen molar-refractivity contribution in [3.05, 3.63) is 26.7 Å². The van der Waals surface area contributed by atoms with E-state index in [9.17, 15) is 18.4 Å². The molecular weight excluding hydrogens is 391 g/mol. The minimum atomic E-state index is -2.69. The summed E-state index contributed by atoms with van der Waals surface area (Å²) in [5.41, 5.74) is 9.79. The Labute approximate surface area is 163 Å². The molecule has 1 aromatic heterocycles. The lowest BCUT2D eigenvalue weighted by molar-refractivity contribution is 0.0929. The lowest BCUT2D eigenvalue weighted by Gasteiger charge is -2.26. The van der Waals surface area contributed by atoms with Crippen molar-refractivity contribution in [1.29, 1.82) is 0 Å². The molecule has 0 spiro atoms. The first kappa shape index (κ1) is 19.6. The fourth-order valence-electron chi connectivity index (χ4n) is 4.14. The molecule has 4 rings (SSSR count). The maximum Gasteiger partial charge on any atom is 0.329 e. The van der Waals surface area contributed by atoms with E-state index in [1.165, 1.54) is 11.7 Å². The van der Waals surface area contributed by atoms with E-state index in [1.54, 1.807) is 4.90 Å². The van der Waals surface area contributed by atoms with Crippen LogP contribution in [0.3, 0.4) is 0 Å². The summed E-state index contributed by atoms with van der Waals surface area (Å²) in [4.78, 5) is 28.6. The predicted molar refractivity (Wildman–Crippen MR) is 102 cm³/mol. The van der Waals surface area contributed by atoms with Crippen LogP contribution in [0, 0.1) is 11.7 Å². The van der Waals surface area contributed by atoms with Crippen LogP contribution in [-0.4, -0.2) is 42.2 Å². The molecular formula is C18H22F3N5O3. The fourth-order valence-corrected chi connectivity index (χ4v) is 4.14. The van der Waals surface area contributed by atoms with Gasteiger partial charge in [0.2, 0.25) is 0 Å². The summed E-state index contributed by atoms with van der Waals surface area (Å²) in [6.07, 6.45) is -0.888. The van der Waals surface area contributed by atoms with Gasteiger partial charge in [0, 0.05) is 19.1 Å². The van der Waals surface area contributed by atoms with Crippen LogP contribution < -0.4 is 32.4 Å². The van der Waals surface area contributed by atoms with Crippen LogP contribution in [-0.2, 0) is 0 Å². The molecule has 2 unspecified atom stereocenters. The Hall–Kier alpha value is -2.69. The van der Waals surface area contributed by atoms with Gasteiger partial charge in [0.25, 0.3) is 12.0 Å². The largest absolute Gasteiger partial charge is 0.492 e. The number of nitrogens with one attached hydrogen (secondary N) is 1. The average molecular weight is 413 g/mol. The number of H-pyrrole nitrogens is 1. The van der Waals surface area contributed by atoms with Gasteiger partial charge in [-0.2, -0.15) is 0 Å². The second-order valence-electron chi connectivity index (χ2n) is 7.60. The number of nitrogens with two attached hydrogens (primary N) is 2. The molecule has 158 valence electrons. The number of halogens is 3. The van der Waals surface area contributed by atoms with Crippen molar-refractivity contribution >= 4 is 22.3 Å². The Bertz CT molecular complexity index is 1080. The van der Waals surface area contributed by atoms with Crippen molar-refractivity contribution in [2.75, 3.05) is 30.8 Å². The van der Waals surface area contributed by atoms with Crippen molar-refractivity contribution in [3.63, 3.8) is 0 Å². The van der Waals surface area contributed by atoms with Crippen LogP contribution in [0.15, 0.2) is 9.59 Å². The van der Waals surface area contributed by atoms with Crippen LogP contribution >= 0.6 is 0 Å². The van der Waals surface area contributed by atoms with Gasteiger partial charge in [-0.3, -0.25) is 14.3 Å². The fraction of sp³-hybridized carbons (Fsp3) is 0.556. The highest BCUT2D eigenvalue weighted by molar-refractivity contribution is 5.99. The third kappa shape index (κ3) is 3.04. The highest BCUT2D eigenvalue weighted by atomic mass is 19.3. The molecule has 1 aliphatic heterocycles. The molecule has 2 fully saturated rings. The third-order valence-electron chi connectivity index (χ3n) is 5.78. The number of nitrogens with zero attached hydrogens (tertiary/aromatic N) is 2. The maximum atomic E-state index is 15.3. The number of anilines is 2. The standard InChI is InChI=1S/C18H22F3N5O3/c1-29-15-13-9(17(27)24-18(28)26(13)8-2-3-8)12(23)10(19)14(15)25-5-4-7(6-25)11(22)16(20)21/h7-8,11,16H,2-6,22-23H2,1H3,(H,24,27,28). The van der Waals surface area contributed by atoms with Crippen LogP contribution in [0.5, 0.6) is 5.75 Å². The second-order valence-corrected chi connectivity index (χ2v) is 7.60. The van der Waals surface area contributed by atoms with Crippen LogP contribution in [0.2, 0.25) is 0 Å². The van der Waals surface area contributed by atoms with Gasteiger partial charge < -0.3 is 21.1 Å². The summed E-state index contributed by atoms with van der Waals surface area (Å²) in [6, 6.07) is -1.48. The topological polar surface area (TPSA) is 119 Å². The molecule has 2 aromatic rings. The quantitative estimate of drug-likeness (QED) is 0.633. The number of aromatic nitrogens is 2. The highest BCUT2D eigenvalue weighted by Crippen LogP contribution is 2.46.